The van der Waals surface area contributed by atoms with Gasteiger partial charge in [0.05, 0.1) is 29.2 Å². The number of aromatic nitrogens is 1. The van der Waals surface area contributed by atoms with Crippen molar-refractivity contribution in [3.05, 3.63) is 59.3 Å². The molecule has 1 aromatic heterocycles. The molecule has 0 unspecified atom stereocenters. The van der Waals surface area contributed by atoms with Gasteiger partial charge in [-0.15, -0.1) is 5.11 Å². The Morgan fingerprint density at radius 2 is 1.63 bits per heavy atom. The summed E-state index contributed by atoms with van der Waals surface area (Å²) in [5.74, 6) is -0.796. The van der Waals surface area contributed by atoms with Gasteiger partial charge in [-0.2, -0.15) is 21.9 Å². The number of phosphoric acid groups is 1. The lowest BCUT2D eigenvalue weighted by molar-refractivity contribution is 0.111. The number of azo groups is 1. The molecular formula is C20H18N3O12PS2. The Hall–Kier alpha value is -3.41. The van der Waals surface area contributed by atoms with Gasteiger partial charge >= 0.3 is 7.82 Å². The Morgan fingerprint density at radius 3 is 2.16 bits per heavy atom. The summed E-state index contributed by atoms with van der Waals surface area (Å²) in [5.41, 5.74) is -3.98. The minimum absolute atomic E-state index is 0.0189. The number of aryl methyl sites for hydroxylation is 1. The lowest BCUT2D eigenvalue weighted by atomic mass is 9.99. The van der Waals surface area contributed by atoms with Crippen molar-refractivity contribution in [1.82, 2.24) is 4.98 Å². The third-order valence-corrected chi connectivity index (χ3v) is 7.17. The number of carbonyl (C=O) groups is 1. The third-order valence-electron chi connectivity index (χ3n) is 4.88. The molecule has 0 aliphatic carbocycles. The Balaban J connectivity index is 2.53. The van der Waals surface area contributed by atoms with Crippen molar-refractivity contribution in [1.29, 1.82) is 0 Å². The largest absolute Gasteiger partial charge is 0.505 e. The van der Waals surface area contributed by atoms with Crippen molar-refractivity contribution in [3.8, 4) is 17.0 Å². The smallest absolute Gasteiger partial charge is 0.469 e. The molecule has 0 radical (unpaired) electrons. The summed E-state index contributed by atoms with van der Waals surface area (Å²) in [6.45, 7) is -0.0568. The van der Waals surface area contributed by atoms with Crippen LogP contribution in [-0.2, 0) is 35.9 Å². The molecule has 0 bridgehead atoms. The molecule has 0 fully saturated rings. The standard InChI is InChI=1S/C20H18N3O12PS2/c1-11-19(25)13(9-24)14(10-35-36(26,27)28)18(21-11)17-16(37(29,30)31)8-7-15(20(17)38(32,33)34)23-22-12-5-3-2-4-6-12/h2-9,25H,10H2,1H3,(H2,26,27,28)(H,29,30,31)(H,32,33,34). The van der Waals surface area contributed by atoms with Crippen molar-refractivity contribution in [2.75, 3.05) is 0 Å². The highest BCUT2D eigenvalue weighted by Gasteiger charge is 2.33. The van der Waals surface area contributed by atoms with Gasteiger partial charge in [-0.3, -0.25) is 18.4 Å². The molecule has 0 aliphatic heterocycles. The molecule has 18 heteroatoms. The molecule has 2 aromatic carbocycles. The molecule has 0 atom stereocenters. The fourth-order valence-corrected chi connectivity index (χ4v) is 5.22. The topological polar surface area (TPSA) is 250 Å². The number of pyridine rings is 1. The molecule has 5 N–H and O–H groups in total. The number of aldehydes is 1. The zero-order valence-electron chi connectivity index (χ0n) is 19.0. The second kappa shape index (κ2) is 10.8. The Bertz CT molecular complexity index is 1700. The van der Waals surface area contributed by atoms with Crippen LogP contribution in [0.5, 0.6) is 5.75 Å². The van der Waals surface area contributed by atoms with E-state index >= 15 is 0 Å². The molecule has 38 heavy (non-hydrogen) atoms. The second-order valence-electron chi connectivity index (χ2n) is 7.44. The minimum Gasteiger partial charge on any atom is -0.505 e. The molecule has 0 amide bonds. The van der Waals surface area contributed by atoms with Crippen molar-refractivity contribution < 1.29 is 54.7 Å². The average Bonchev–Trinajstić information content (AvgIpc) is 2.81. The van der Waals surface area contributed by atoms with E-state index in [4.69, 9.17) is 9.79 Å². The first-order valence-electron chi connectivity index (χ1n) is 10.0. The van der Waals surface area contributed by atoms with Crippen molar-refractivity contribution in [3.63, 3.8) is 0 Å². The van der Waals surface area contributed by atoms with Gasteiger partial charge < -0.3 is 14.9 Å². The van der Waals surface area contributed by atoms with Gasteiger partial charge in [0.1, 0.15) is 21.2 Å². The van der Waals surface area contributed by atoms with Gasteiger partial charge in [-0.1, -0.05) is 18.2 Å². The van der Waals surface area contributed by atoms with E-state index in [1.807, 2.05) is 0 Å². The van der Waals surface area contributed by atoms with Crippen LogP contribution in [0.4, 0.5) is 11.4 Å². The molecule has 1 heterocycles. The molecule has 202 valence electrons. The first kappa shape index (κ1) is 29.2. The first-order chi connectivity index (χ1) is 17.5. The highest BCUT2D eigenvalue weighted by molar-refractivity contribution is 7.87. The molecule has 3 rings (SSSR count). The molecule has 15 nitrogen and oxygen atoms in total. The van der Waals surface area contributed by atoms with Crippen LogP contribution < -0.4 is 0 Å². The molecule has 0 spiro atoms. The van der Waals surface area contributed by atoms with Gasteiger partial charge in [-0.25, -0.2) is 9.55 Å². The van der Waals surface area contributed by atoms with E-state index in [-0.39, 0.29) is 17.7 Å². The molecule has 0 aliphatic rings. The summed E-state index contributed by atoms with van der Waals surface area (Å²) >= 11 is 0. The van der Waals surface area contributed by atoms with E-state index in [1.165, 1.54) is 12.1 Å². The zero-order valence-corrected chi connectivity index (χ0v) is 21.6. The maximum Gasteiger partial charge on any atom is 0.469 e. The maximum atomic E-state index is 12.5. The van der Waals surface area contributed by atoms with Crippen LogP contribution in [0.25, 0.3) is 11.3 Å². The van der Waals surface area contributed by atoms with Crippen molar-refractivity contribution in [2.24, 2.45) is 10.2 Å². The van der Waals surface area contributed by atoms with Gasteiger partial charge in [-0.05, 0) is 31.2 Å². The summed E-state index contributed by atoms with van der Waals surface area (Å²) in [6, 6.07) is 9.32. The predicted molar refractivity (Wildman–Crippen MR) is 129 cm³/mol. The number of nitrogens with zero attached hydrogens (tertiary/aromatic N) is 3. The normalized spacial score (nSPS) is 12.7. The molecular weight excluding hydrogens is 569 g/mol. The van der Waals surface area contributed by atoms with Crippen LogP contribution in [0.3, 0.4) is 0 Å². The van der Waals surface area contributed by atoms with Gasteiger partial charge in [0, 0.05) is 11.1 Å². The SMILES string of the molecule is Cc1nc(-c2c(S(=O)(=O)O)ccc(N=Nc3ccccc3)c2S(=O)(=O)O)c(COP(=O)(O)O)c(C=O)c1O. The van der Waals surface area contributed by atoms with E-state index < -0.39 is 78.3 Å². The van der Waals surface area contributed by atoms with Crippen LogP contribution in [0.2, 0.25) is 0 Å². The number of hydrogen-bond donors (Lipinski definition) is 5. The monoisotopic (exact) mass is 587 g/mol. The quantitative estimate of drug-likeness (QED) is 0.105. The number of hydrogen-bond acceptors (Lipinski definition) is 11. The Labute approximate surface area is 215 Å². The summed E-state index contributed by atoms with van der Waals surface area (Å²) in [6.07, 6.45) is 0.0189. The first-order valence-corrected chi connectivity index (χ1v) is 14.4. The van der Waals surface area contributed by atoms with Crippen LogP contribution in [0, 0.1) is 6.92 Å². The predicted octanol–water partition coefficient (Wildman–Crippen LogP) is 3.09. The van der Waals surface area contributed by atoms with E-state index in [2.05, 4.69) is 19.7 Å². The molecule has 0 saturated carbocycles. The molecule has 0 saturated heterocycles. The summed E-state index contributed by atoms with van der Waals surface area (Å²) in [5, 5.41) is 17.9. The van der Waals surface area contributed by atoms with Crippen LogP contribution >= 0.6 is 7.82 Å². The minimum atomic E-state index is -5.42. The van der Waals surface area contributed by atoms with Crippen LogP contribution in [0.15, 0.2) is 62.5 Å². The van der Waals surface area contributed by atoms with E-state index in [0.717, 1.165) is 13.0 Å². The average molecular weight is 587 g/mol. The Kier molecular flexibility index (Phi) is 8.25. The number of carbonyl (C=O) groups excluding carboxylic acids is 1. The van der Waals surface area contributed by atoms with E-state index in [9.17, 15) is 40.4 Å². The lowest BCUT2D eigenvalue weighted by Crippen LogP contribution is -2.12. The number of benzene rings is 2. The fraction of sp³-hybridized carbons (Fsp3) is 0.100. The fourth-order valence-electron chi connectivity index (χ4n) is 3.32. The second-order valence-corrected chi connectivity index (χ2v) is 11.4. The van der Waals surface area contributed by atoms with Crippen LogP contribution in [0.1, 0.15) is 21.6 Å². The van der Waals surface area contributed by atoms with Crippen LogP contribution in [-0.4, -0.2) is 52.1 Å². The summed E-state index contributed by atoms with van der Waals surface area (Å²) in [4.78, 5) is 31.6. The molecule has 3 aromatic rings. The van der Waals surface area contributed by atoms with E-state index in [1.54, 1.807) is 18.2 Å². The van der Waals surface area contributed by atoms with Gasteiger partial charge in [0.25, 0.3) is 20.2 Å². The number of aromatic hydroxyl groups is 1. The lowest BCUT2D eigenvalue weighted by Gasteiger charge is -2.19. The highest BCUT2D eigenvalue weighted by atomic mass is 32.2. The van der Waals surface area contributed by atoms with Crippen molar-refractivity contribution in [2.45, 2.75) is 23.3 Å². The maximum absolute atomic E-state index is 12.5. The Morgan fingerprint density at radius 1 is 1.00 bits per heavy atom. The number of rotatable bonds is 9. The van der Waals surface area contributed by atoms with Gasteiger partial charge in [0.15, 0.2) is 6.29 Å². The zero-order chi connectivity index (χ0) is 28.5. The highest BCUT2D eigenvalue weighted by Crippen LogP contribution is 2.45. The summed E-state index contributed by atoms with van der Waals surface area (Å²) < 4.78 is 85.3. The van der Waals surface area contributed by atoms with E-state index in [0.29, 0.717) is 6.07 Å². The van der Waals surface area contributed by atoms with Gasteiger partial charge in [0.2, 0.25) is 0 Å². The summed E-state index contributed by atoms with van der Waals surface area (Å²) in [7, 11) is -15.9. The number of phosphoric ester groups is 1. The van der Waals surface area contributed by atoms with Crippen molar-refractivity contribution >= 4 is 45.7 Å². The third kappa shape index (κ3) is 6.53.